The molecule has 0 unspecified atom stereocenters. The summed E-state index contributed by atoms with van der Waals surface area (Å²) in [6.45, 7) is 5.46. The first kappa shape index (κ1) is 20.3. The van der Waals surface area contributed by atoms with E-state index in [1.165, 1.54) is 11.3 Å². The Labute approximate surface area is 172 Å². The number of hydrogen-bond donors (Lipinski definition) is 2. The maximum atomic E-state index is 12.2. The van der Waals surface area contributed by atoms with Crippen LogP contribution in [0.25, 0.3) is 11.3 Å². The van der Waals surface area contributed by atoms with Crippen LogP contribution in [0.2, 0.25) is 5.02 Å². The van der Waals surface area contributed by atoms with Crippen LogP contribution in [0.3, 0.4) is 0 Å². The second kappa shape index (κ2) is 7.89. The van der Waals surface area contributed by atoms with Gasteiger partial charge in [0.2, 0.25) is 5.91 Å². The van der Waals surface area contributed by atoms with Gasteiger partial charge in [-0.05, 0) is 39.3 Å². The monoisotopic (exact) mass is 420 g/mol. The molecule has 0 aliphatic carbocycles. The fraction of sp³-hybridized carbons (Fsp3) is 0.368. The van der Waals surface area contributed by atoms with Crippen LogP contribution in [0.15, 0.2) is 24.3 Å². The molecule has 1 aromatic heterocycles. The van der Waals surface area contributed by atoms with Crippen molar-refractivity contribution >= 4 is 45.9 Å². The van der Waals surface area contributed by atoms with Gasteiger partial charge in [0.25, 0.3) is 5.91 Å². The molecule has 3 rings (SSSR count). The molecule has 0 atom stereocenters. The summed E-state index contributed by atoms with van der Waals surface area (Å²) >= 11 is 7.31. The summed E-state index contributed by atoms with van der Waals surface area (Å²) in [5.41, 5.74) is 0.842. The minimum atomic E-state index is -0.893. The number of nitrogens with zero attached hydrogens (tertiary/aromatic N) is 2. The molecule has 1 aliphatic rings. The topological polar surface area (TPSA) is 91.4 Å². The van der Waals surface area contributed by atoms with Gasteiger partial charge in [-0.1, -0.05) is 23.7 Å². The maximum Gasteiger partial charge on any atom is 0.325 e. The van der Waals surface area contributed by atoms with Gasteiger partial charge in [0.15, 0.2) is 5.13 Å². The molecule has 1 fully saturated rings. The van der Waals surface area contributed by atoms with E-state index in [-0.39, 0.29) is 24.8 Å². The van der Waals surface area contributed by atoms with Crippen LogP contribution < -0.4 is 10.6 Å². The summed E-state index contributed by atoms with van der Waals surface area (Å²) < 4.78 is 0. The van der Waals surface area contributed by atoms with Crippen LogP contribution in [-0.4, -0.2) is 39.8 Å². The lowest BCUT2D eigenvalue weighted by Crippen LogP contribution is -2.40. The highest BCUT2D eigenvalue weighted by molar-refractivity contribution is 7.16. The molecule has 1 aliphatic heterocycles. The number of nitrogens with one attached hydrogen (secondary N) is 2. The first-order chi connectivity index (χ1) is 13.2. The summed E-state index contributed by atoms with van der Waals surface area (Å²) in [5.74, 6) is -0.483. The number of thiazole rings is 1. The molecule has 148 valence electrons. The smallest absolute Gasteiger partial charge is 0.324 e. The SMILES string of the molecule is Cc1sc(NC(=O)CCCN2C(=O)NC(C)(C)C2=O)nc1-c1ccc(Cl)cc1. The Balaban J connectivity index is 1.54. The van der Waals surface area contributed by atoms with Gasteiger partial charge in [-0.15, -0.1) is 11.3 Å². The van der Waals surface area contributed by atoms with Gasteiger partial charge in [0.1, 0.15) is 5.54 Å². The Morgan fingerprint density at radius 1 is 1.29 bits per heavy atom. The zero-order valence-corrected chi connectivity index (χ0v) is 17.4. The van der Waals surface area contributed by atoms with Crippen molar-refractivity contribution in [3.63, 3.8) is 0 Å². The van der Waals surface area contributed by atoms with E-state index in [0.717, 1.165) is 21.0 Å². The summed E-state index contributed by atoms with van der Waals surface area (Å²) in [5, 5.41) is 6.57. The molecule has 0 radical (unpaired) electrons. The number of amides is 4. The average Bonchev–Trinajstić information content (AvgIpc) is 3.06. The first-order valence-corrected chi connectivity index (χ1v) is 10.0. The minimum Gasteiger partial charge on any atom is -0.324 e. The van der Waals surface area contributed by atoms with E-state index in [0.29, 0.717) is 16.6 Å². The number of rotatable bonds is 6. The second-order valence-corrected chi connectivity index (χ2v) is 8.73. The van der Waals surface area contributed by atoms with Gasteiger partial charge in [-0.25, -0.2) is 9.78 Å². The Bertz CT molecular complexity index is 924. The highest BCUT2D eigenvalue weighted by Gasteiger charge is 2.43. The molecule has 1 saturated heterocycles. The maximum absolute atomic E-state index is 12.2. The van der Waals surface area contributed by atoms with E-state index < -0.39 is 11.6 Å². The summed E-state index contributed by atoms with van der Waals surface area (Å²) in [6, 6.07) is 6.94. The molecule has 9 heteroatoms. The number of carbonyl (C=O) groups excluding carboxylic acids is 3. The van der Waals surface area contributed by atoms with Crippen LogP contribution in [0.5, 0.6) is 0 Å². The van der Waals surface area contributed by atoms with Gasteiger partial charge in [0.05, 0.1) is 5.69 Å². The number of aryl methyl sites for hydroxylation is 1. The fourth-order valence-corrected chi connectivity index (χ4v) is 3.90. The lowest BCUT2D eigenvalue weighted by molar-refractivity contribution is -0.130. The Morgan fingerprint density at radius 3 is 2.57 bits per heavy atom. The lowest BCUT2D eigenvalue weighted by Gasteiger charge is -2.15. The summed E-state index contributed by atoms with van der Waals surface area (Å²) in [4.78, 5) is 42.8. The Morgan fingerprint density at radius 2 is 1.96 bits per heavy atom. The first-order valence-electron chi connectivity index (χ1n) is 8.85. The third-order valence-corrected chi connectivity index (χ3v) is 5.53. The van der Waals surface area contributed by atoms with Crippen LogP contribution >= 0.6 is 22.9 Å². The number of benzene rings is 1. The molecule has 7 nitrogen and oxygen atoms in total. The molecule has 2 heterocycles. The van der Waals surface area contributed by atoms with Gasteiger partial charge in [0, 0.05) is 28.4 Å². The number of imide groups is 1. The van der Waals surface area contributed by atoms with Crippen LogP contribution in [-0.2, 0) is 9.59 Å². The molecule has 0 spiro atoms. The van der Waals surface area contributed by atoms with Crippen molar-refractivity contribution in [3.05, 3.63) is 34.2 Å². The second-order valence-electron chi connectivity index (χ2n) is 7.09. The molecule has 0 saturated carbocycles. The van der Waals surface area contributed by atoms with E-state index in [1.54, 1.807) is 26.0 Å². The van der Waals surface area contributed by atoms with Gasteiger partial charge in [-0.2, -0.15) is 0 Å². The number of halogens is 1. The minimum absolute atomic E-state index is 0.187. The van der Waals surface area contributed by atoms with Crippen molar-refractivity contribution in [3.8, 4) is 11.3 Å². The molecule has 4 amide bonds. The van der Waals surface area contributed by atoms with Gasteiger partial charge >= 0.3 is 6.03 Å². The average molecular weight is 421 g/mol. The van der Waals surface area contributed by atoms with Crippen molar-refractivity contribution in [1.29, 1.82) is 0 Å². The molecule has 2 N–H and O–H groups in total. The fourth-order valence-electron chi connectivity index (χ4n) is 2.93. The molecule has 2 aromatic rings. The van der Waals surface area contributed by atoms with Crippen molar-refractivity contribution in [2.75, 3.05) is 11.9 Å². The van der Waals surface area contributed by atoms with Crippen molar-refractivity contribution in [2.24, 2.45) is 0 Å². The van der Waals surface area contributed by atoms with Crippen LogP contribution in [0.4, 0.5) is 9.93 Å². The zero-order valence-electron chi connectivity index (χ0n) is 15.8. The Kier molecular flexibility index (Phi) is 5.71. The standard InChI is InChI=1S/C19H21ClN4O3S/c1-11-15(12-6-8-13(20)9-7-12)22-17(28-11)21-14(25)5-4-10-24-16(26)19(2,3)23-18(24)27/h6-9H,4-5,10H2,1-3H3,(H,23,27)(H,21,22,25). The number of anilines is 1. The predicted molar refractivity (Wildman–Crippen MR) is 109 cm³/mol. The molecular formula is C19H21ClN4O3S. The number of urea groups is 1. The number of aromatic nitrogens is 1. The predicted octanol–water partition coefficient (Wildman–Crippen LogP) is 3.82. The van der Waals surface area contributed by atoms with Crippen LogP contribution in [0.1, 0.15) is 31.6 Å². The normalized spacial score (nSPS) is 15.6. The molecular weight excluding hydrogens is 400 g/mol. The van der Waals surface area contributed by atoms with Crippen molar-refractivity contribution < 1.29 is 14.4 Å². The van der Waals surface area contributed by atoms with Crippen molar-refractivity contribution in [1.82, 2.24) is 15.2 Å². The number of carbonyl (C=O) groups is 3. The van der Waals surface area contributed by atoms with E-state index in [2.05, 4.69) is 15.6 Å². The summed E-state index contributed by atoms with van der Waals surface area (Å²) in [6.07, 6.45) is 0.571. The molecule has 28 heavy (non-hydrogen) atoms. The molecule has 0 bridgehead atoms. The molecule has 1 aromatic carbocycles. The Hall–Kier alpha value is -2.45. The lowest BCUT2D eigenvalue weighted by atomic mass is 10.1. The van der Waals surface area contributed by atoms with Gasteiger partial charge in [-0.3, -0.25) is 14.5 Å². The zero-order chi connectivity index (χ0) is 20.5. The third kappa shape index (κ3) is 4.34. The van der Waals surface area contributed by atoms with Crippen molar-refractivity contribution in [2.45, 2.75) is 39.2 Å². The highest BCUT2D eigenvalue weighted by atomic mass is 35.5. The highest BCUT2D eigenvalue weighted by Crippen LogP contribution is 2.31. The van der Waals surface area contributed by atoms with Crippen LogP contribution in [0, 0.1) is 6.92 Å². The largest absolute Gasteiger partial charge is 0.325 e. The van der Waals surface area contributed by atoms with E-state index >= 15 is 0 Å². The quantitative estimate of drug-likeness (QED) is 0.695. The van der Waals surface area contributed by atoms with Gasteiger partial charge < -0.3 is 10.6 Å². The summed E-state index contributed by atoms with van der Waals surface area (Å²) in [7, 11) is 0. The number of hydrogen-bond acceptors (Lipinski definition) is 5. The van der Waals surface area contributed by atoms with E-state index in [9.17, 15) is 14.4 Å². The third-order valence-electron chi connectivity index (χ3n) is 4.39. The van der Waals surface area contributed by atoms with E-state index in [4.69, 9.17) is 11.6 Å². The van der Waals surface area contributed by atoms with E-state index in [1.807, 2.05) is 19.1 Å².